The van der Waals surface area contributed by atoms with E-state index in [0.29, 0.717) is 5.02 Å². The number of halogens is 1. The van der Waals surface area contributed by atoms with Crippen molar-refractivity contribution in [2.75, 3.05) is 0 Å². The van der Waals surface area contributed by atoms with Crippen LogP contribution in [-0.4, -0.2) is 10.5 Å². The molecule has 1 nitrogen and oxygen atoms in total. The van der Waals surface area contributed by atoms with E-state index in [1.54, 1.807) is 17.8 Å². The van der Waals surface area contributed by atoms with E-state index in [1.807, 2.05) is 48.5 Å². The fourth-order valence-corrected chi connectivity index (χ4v) is 3.47. The van der Waals surface area contributed by atoms with Crippen LogP contribution in [0.15, 0.2) is 65.6 Å². The summed E-state index contributed by atoms with van der Waals surface area (Å²) in [6.45, 7) is 0. The molecule has 0 radical (unpaired) electrons. The Kier molecular flexibility index (Phi) is 4.18. The Morgan fingerprint density at radius 1 is 1.05 bits per heavy atom. The lowest BCUT2D eigenvalue weighted by Crippen LogP contribution is -2.15. The monoisotopic (exact) mass is 314 g/mol. The third-order valence-electron chi connectivity index (χ3n) is 3.51. The molecule has 1 saturated carbocycles. The predicted molar refractivity (Wildman–Crippen MR) is 89.8 cm³/mol. The highest BCUT2D eigenvalue weighted by Gasteiger charge is 2.49. The second kappa shape index (κ2) is 6.08. The molecule has 0 unspecified atom stereocenters. The Morgan fingerprint density at radius 3 is 2.33 bits per heavy atom. The van der Waals surface area contributed by atoms with Crippen molar-refractivity contribution in [1.82, 2.24) is 0 Å². The lowest BCUT2D eigenvalue weighted by molar-refractivity contribution is -0.114. The van der Waals surface area contributed by atoms with Crippen LogP contribution in [0.2, 0.25) is 5.02 Å². The molecule has 1 fully saturated rings. The third kappa shape index (κ3) is 3.58. The van der Waals surface area contributed by atoms with Crippen molar-refractivity contribution in [2.45, 2.75) is 22.5 Å². The van der Waals surface area contributed by atoms with Crippen molar-refractivity contribution in [3.63, 3.8) is 0 Å². The van der Waals surface area contributed by atoms with E-state index in [9.17, 15) is 4.79 Å². The van der Waals surface area contributed by atoms with Gasteiger partial charge < -0.3 is 0 Å². The quantitative estimate of drug-likeness (QED) is 0.701. The van der Waals surface area contributed by atoms with Crippen molar-refractivity contribution >= 4 is 35.2 Å². The largest absolute Gasteiger partial charge is 0.293 e. The molecule has 0 spiro atoms. The molecule has 0 aliphatic heterocycles. The Labute approximate surface area is 134 Å². The van der Waals surface area contributed by atoms with Crippen molar-refractivity contribution in [3.05, 3.63) is 71.3 Å². The number of carbonyl (C=O) groups is 1. The maximum absolute atomic E-state index is 12.4. The molecule has 21 heavy (non-hydrogen) atoms. The van der Waals surface area contributed by atoms with Crippen LogP contribution in [0.4, 0.5) is 0 Å². The Hall–Kier alpha value is -1.51. The van der Waals surface area contributed by atoms with Crippen LogP contribution < -0.4 is 0 Å². The van der Waals surface area contributed by atoms with E-state index in [1.165, 1.54) is 0 Å². The van der Waals surface area contributed by atoms with Gasteiger partial charge >= 0.3 is 0 Å². The maximum Gasteiger partial charge on any atom is 0.172 e. The average molecular weight is 315 g/mol. The van der Waals surface area contributed by atoms with E-state index in [-0.39, 0.29) is 10.5 Å². The van der Waals surface area contributed by atoms with Crippen LogP contribution in [0, 0.1) is 0 Å². The fourth-order valence-electron chi connectivity index (χ4n) is 2.12. The van der Waals surface area contributed by atoms with Crippen LogP contribution in [0.5, 0.6) is 0 Å². The first-order valence-corrected chi connectivity index (χ1v) is 8.10. The SMILES string of the molecule is O=C(C=Cc1ccc(Cl)cc1)C1(Sc2ccccc2)CC1. The van der Waals surface area contributed by atoms with Crippen LogP contribution in [0.25, 0.3) is 6.08 Å². The Bertz CT molecular complexity index is 657. The Balaban J connectivity index is 1.69. The van der Waals surface area contributed by atoms with Gasteiger partial charge in [-0.25, -0.2) is 0 Å². The second-order valence-corrected chi connectivity index (χ2v) is 7.05. The minimum atomic E-state index is -0.246. The van der Waals surface area contributed by atoms with Gasteiger partial charge in [-0.05, 0) is 48.7 Å². The van der Waals surface area contributed by atoms with Gasteiger partial charge in [0.05, 0.1) is 4.75 Å². The normalized spacial score (nSPS) is 16.0. The minimum Gasteiger partial charge on any atom is -0.293 e. The molecular formula is C18H15ClOS. The number of allylic oxidation sites excluding steroid dienone is 1. The van der Waals surface area contributed by atoms with Crippen molar-refractivity contribution in [1.29, 1.82) is 0 Å². The number of ketones is 1. The first kappa shape index (κ1) is 14.4. The summed E-state index contributed by atoms with van der Waals surface area (Å²) in [5.41, 5.74) is 0.994. The van der Waals surface area contributed by atoms with E-state index >= 15 is 0 Å². The van der Waals surface area contributed by atoms with Gasteiger partial charge in [-0.2, -0.15) is 0 Å². The van der Waals surface area contributed by atoms with Gasteiger partial charge in [0.15, 0.2) is 5.78 Å². The van der Waals surface area contributed by atoms with Gasteiger partial charge in [-0.1, -0.05) is 48.0 Å². The topological polar surface area (TPSA) is 17.1 Å². The molecule has 0 bridgehead atoms. The number of thioether (sulfide) groups is 1. The molecular weight excluding hydrogens is 300 g/mol. The molecule has 1 aliphatic rings. The summed E-state index contributed by atoms with van der Waals surface area (Å²) in [5, 5.41) is 0.705. The molecule has 2 aromatic rings. The van der Waals surface area contributed by atoms with E-state index < -0.39 is 0 Å². The van der Waals surface area contributed by atoms with Crippen molar-refractivity contribution in [3.8, 4) is 0 Å². The molecule has 0 saturated heterocycles. The zero-order chi connectivity index (χ0) is 14.7. The van der Waals surface area contributed by atoms with Crippen molar-refractivity contribution in [2.24, 2.45) is 0 Å². The first-order valence-electron chi connectivity index (χ1n) is 6.90. The second-order valence-electron chi connectivity index (χ2n) is 5.16. The smallest absolute Gasteiger partial charge is 0.172 e. The number of rotatable bonds is 5. The number of hydrogen-bond donors (Lipinski definition) is 0. The van der Waals surface area contributed by atoms with E-state index in [4.69, 9.17) is 11.6 Å². The standard InChI is InChI=1S/C18H15ClOS/c19-15-9-6-14(7-10-15)8-11-17(20)18(12-13-18)21-16-4-2-1-3-5-16/h1-11H,12-13H2. The van der Waals surface area contributed by atoms with Gasteiger partial charge in [-0.15, -0.1) is 11.8 Å². The molecule has 1 aliphatic carbocycles. The zero-order valence-electron chi connectivity index (χ0n) is 11.5. The highest BCUT2D eigenvalue weighted by Crippen LogP contribution is 2.52. The fraction of sp³-hybridized carbons (Fsp3) is 0.167. The molecule has 3 rings (SSSR count). The molecule has 2 aromatic carbocycles. The van der Waals surface area contributed by atoms with Crippen LogP contribution >= 0.6 is 23.4 Å². The van der Waals surface area contributed by atoms with Crippen LogP contribution in [-0.2, 0) is 4.79 Å². The van der Waals surface area contributed by atoms with Gasteiger partial charge in [0.25, 0.3) is 0 Å². The number of hydrogen-bond acceptors (Lipinski definition) is 2. The highest BCUT2D eigenvalue weighted by atomic mass is 35.5. The summed E-state index contributed by atoms with van der Waals surface area (Å²) < 4.78 is -0.246. The predicted octanol–water partition coefficient (Wildman–Crippen LogP) is 5.25. The number of carbonyl (C=O) groups excluding carboxylic acids is 1. The molecule has 106 valence electrons. The maximum atomic E-state index is 12.4. The summed E-state index contributed by atoms with van der Waals surface area (Å²) in [4.78, 5) is 13.6. The number of benzene rings is 2. The van der Waals surface area contributed by atoms with Gasteiger partial charge in [0, 0.05) is 9.92 Å². The molecule has 0 atom stereocenters. The zero-order valence-corrected chi connectivity index (χ0v) is 13.0. The summed E-state index contributed by atoms with van der Waals surface area (Å²) in [6, 6.07) is 17.6. The van der Waals surface area contributed by atoms with Crippen LogP contribution in [0.3, 0.4) is 0 Å². The summed E-state index contributed by atoms with van der Waals surface area (Å²) in [5.74, 6) is 0.200. The van der Waals surface area contributed by atoms with E-state index in [0.717, 1.165) is 23.3 Å². The Morgan fingerprint density at radius 2 is 1.71 bits per heavy atom. The van der Waals surface area contributed by atoms with Crippen LogP contribution in [0.1, 0.15) is 18.4 Å². The molecule has 0 N–H and O–H groups in total. The summed E-state index contributed by atoms with van der Waals surface area (Å²) >= 11 is 7.53. The third-order valence-corrected chi connectivity index (χ3v) is 5.27. The van der Waals surface area contributed by atoms with E-state index in [2.05, 4.69) is 12.1 Å². The first-order chi connectivity index (χ1) is 10.2. The molecule has 3 heteroatoms. The van der Waals surface area contributed by atoms with Crippen molar-refractivity contribution < 1.29 is 4.79 Å². The summed E-state index contributed by atoms with van der Waals surface area (Å²) in [7, 11) is 0. The summed E-state index contributed by atoms with van der Waals surface area (Å²) in [6.07, 6.45) is 5.48. The lowest BCUT2D eigenvalue weighted by Gasteiger charge is -2.10. The van der Waals surface area contributed by atoms with Gasteiger partial charge in [0.1, 0.15) is 0 Å². The van der Waals surface area contributed by atoms with Gasteiger partial charge in [-0.3, -0.25) is 4.79 Å². The highest BCUT2D eigenvalue weighted by molar-refractivity contribution is 8.01. The molecule has 0 heterocycles. The molecule has 0 aromatic heterocycles. The average Bonchev–Trinajstić information content (AvgIpc) is 3.28. The lowest BCUT2D eigenvalue weighted by atomic mass is 10.1. The molecule has 0 amide bonds. The minimum absolute atomic E-state index is 0.200. The van der Waals surface area contributed by atoms with Gasteiger partial charge in [0.2, 0.25) is 0 Å².